The number of thioether (sulfide) groups is 1. The number of rotatable bonds is 9. The second-order valence-corrected chi connectivity index (χ2v) is 13.2. The Morgan fingerprint density at radius 1 is 0.976 bits per heavy atom. The molecule has 0 unspecified atom stereocenters. The summed E-state index contributed by atoms with van der Waals surface area (Å²) in [5, 5.41) is 3.84. The zero-order valence-corrected chi connectivity index (χ0v) is 25.0. The SMILES string of the molecule is CC(C)(C)c1cc(N2CCN(Cc3ccc4c(c3)OCO4)CC2)nc(SCc2cccc(C(=O)NCC3CC3)c2)n1. The second-order valence-electron chi connectivity index (χ2n) is 12.2. The van der Waals surface area contributed by atoms with E-state index in [2.05, 4.69) is 60.2 Å². The molecular formula is C32H39N5O3S. The van der Waals surface area contributed by atoms with Gasteiger partial charge in [0.25, 0.3) is 5.91 Å². The van der Waals surface area contributed by atoms with Gasteiger partial charge in [0.15, 0.2) is 16.7 Å². The van der Waals surface area contributed by atoms with Crippen LogP contribution in [0.4, 0.5) is 5.82 Å². The van der Waals surface area contributed by atoms with E-state index in [0.717, 1.165) is 73.0 Å². The van der Waals surface area contributed by atoms with Crippen LogP contribution < -0.4 is 19.7 Å². The summed E-state index contributed by atoms with van der Waals surface area (Å²) in [6, 6.07) is 16.3. The van der Waals surface area contributed by atoms with Crippen LogP contribution >= 0.6 is 11.8 Å². The lowest BCUT2D eigenvalue weighted by Gasteiger charge is -2.36. The van der Waals surface area contributed by atoms with Crippen LogP contribution in [0.5, 0.6) is 11.5 Å². The van der Waals surface area contributed by atoms with Gasteiger partial charge in [0, 0.05) is 62.1 Å². The number of aromatic nitrogens is 2. The molecule has 0 radical (unpaired) electrons. The Morgan fingerprint density at radius 2 is 1.78 bits per heavy atom. The fourth-order valence-electron chi connectivity index (χ4n) is 5.07. The number of nitrogens with zero attached hydrogens (tertiary/aromatic N) is 4. The van der Waals surface area contributed by atoms with Gasteiger partial charge in [0.2, 0.25) is 6.79 Å². The van der Waals surface area contributed by atoms with E-state index in [1.165, 1.54) is 18.4 Å². The predicted molar refractivity (Wildman–Crippen MR) is 162 cm³/mol. The molecule has 2 fully saturated rings. The van der Waals surface area contributed by atoms with E-state index >= 15 is 0 Å². The Balaban J connectivity index is 1.09. The lowest BCUT2D eigenvalue weighted by molar-refractivity contribution is 0.0951. The Bertz CT molecular complexity index is 1400. The van der Waals surface area contributed by atoms with E-state index in [1.54, 1.807) is 11.8 Å². The third-order valence-electron chi connectivity index (χ3n) is 7.81. The first-order chi connectivity index (χ1) is 19.8. The molecule has 1 saturated heterocycles. The number of carbonyl (C=O) groups excluding carboxylic acids is 1. The Morgan fingerprint density at radius 3 is 2.56 bits per heavy atom. The van der Waals surface area contributed by atoms with Crippen molar-refractivity contribution >= 4 is 23.5 Å². The second kappa shape index (κ2) is 11.9. The van der Waals surface area contributed by atoms with Gasteiger partial charge in [-0.25, -0.2) is 9.97 Å². The van der Waals surface area contributed by atoms with E-state index in [-0.39, 0.29) is 11.3 Å². The molecule has 0 atom stereocenters. The predicted octanol–water partition coefficient (Wildman–Crippen LogP) is 5.26. The highest BCUT2D eigenvalue weighted by atomic mass is 32.2. The van der Waals surface area contributed by atoms with Crippen molar-refractivity contribution in [3.63, 3.8) is 0 Å². The largest absolute Gasteiger partial charge is 0.454 e. The molecule has 216 valence electrons. The number of hydrogen-bond acceptors (Lipinski definition) is 8. The highest BCUT2D eigenvalue weighted by molar-refractivity contribution is 7.98. The zero-order chi connectivity index (χ0) is 28.4. The summed E-state index contributed by atoms with van der Waals surface area (Å²) < 4.78 is 11.0. The minimum atomic E-state index is -0.0895. The third kappa shape index (κ3) is 7.13. The molecule has 8 nitrogen and oxygen atoms in total. The fourth-order valence-corrected chi connectivity index (χ4v) is 5.86. The van der Waals surface area contributed by atoms with Crippen LogP contribution in [0.1, 0.15) is 60.8 Å². The molecule has 41 heavy (non-hydrogen) atoms. The number of amides is 1. The highest BCUT2D eigenvalue weighted by Crippen LogP contribution is 2.33. The molecule has 1 saturated carbocycles. The molecule has 9 heteroatoms. The monoisotopic (exact) mass is 573 g/mol. The summed E-state index contributed by atoms with van der Waals surface area (Å²) >= 11 is 1.63. The zero-order valence-electron chi connectivity index (χ0n) is 24.2. The van der Waals surface area contributed by atoms with E-state index in [0.29, 0.717) is 24.0 Å². The van der Waals surface area contributed by atoms with Crippen LogP contribution in [0.2, 0.25) is 0 Å². The van der Waals surface area contributed by atoms with Crippen molar-refractivity contribution < 1.29 is 14.3 Å². The Kier molecular flexibility index (Phi) is 8.08. The Labute approximate surface area is 246 Å². The quantitative estimate of drug-likeness (QED) is 0.275. The van der Waals surface area contributed by atoms with Crippen LogP contribution in [0.3, 0.4) is 0 Å². The van der Waals surface area contributed by atoms with Gasteiger partial charge in [-0.1, -0.05) is 50.7 Å². The standard InChI is InChI=1S/C32H39N5O3S/c1-32(2,3)28-17-29(37-13-11-36(12-14-37)19-23-9-10-26-27(16-23)40-21-39-26)35-31(34-28)41-20-24-5-4-6-25(15-24)30(38)33-18-22-7-8-22/h4-6,9-10,15-17,22H,7-8,11-14,18-21H2,1-3H3,(H,33,38). The first-order valence-corrected chi connectivity index (χ1v) is 15.5. The number of benzene rings is 2. The minimum absolute atomic E-state index is 0.00897. The van der Waals surface area contributed by atoms with Crippen molar-refractivity contribution in [3.8, 4) is 11.5 Å². The van der Waals surface area contributed by atoms with Crippen LogP contribution in [-0.2, 0) is 17.7 Å². The van der Waals surface area contributed by atoms with Gasteiger partial charge in [-0.05, 0) is 54.2 Å². The van der Waals surface area contributed by atoms with Crippen molar-refractivity contribution in [2.45, 2.75) is 56.5 Å². The molecule has 2 aromatic carbocycles. The average molecular weight is 574 g/mol. The van der Waals surface area contributed by atoms with Gasteiger partial charge < -0.3 is 19.7 Å². The molecule has 3 aromatic rings. The number of anilines is 1. The van der Waals surface area contributed by atoms with Gasteiger partial charge in [0.1, 0.15) is 5.82 Å². The molecule has 3 aliphatic rings. The molecule has 6 rings (SSSR count). The molecule has 1 aromatic heterocycles. The van der Waals surface area contributed by atoms with Crippen molar-refractivity contribution in [1.29, 1.82) is 0 Å². The highest BCUT2D eigenvalue weighted by Gasteiger charge is 2.24. The summed E-state index contributed by atoms with van der Waals surface area (Å²) in [6.45, 7) is 12.3. The summed E-state index contributed by atoms with van der Waals surface area (Å²) in [5.74, 6) is 4.04. The average Bonchev–Trinajstić information content (AvgIpc) is 3.69. The van der Waals surface area contributed by atoms with Gasteiger partial charge >= 0.3 is 0 Å². The number of fused-ring (bicyclic) bond motifs is 1. The molecule has 2 aliphatic heterocycles. The van der Waals surface area contributed by atoms with Crippen LogP contribution in [0, 0.1) is 5.92 Å². The van der Waals surface area contributed by atoms with Crippen molar-refractivity contribution in [3.05, 3.63) is 70.9 Å². The normalized spacial score (nSPS) is 17.1. The van der Waals surface area contributed by atoms with E-state index in [4.69, 9.17) is 19.4 Å². The molecule has 1 aliphatic carbocycles. The van der Waals surface area contributed by atoms with Crippen LogP contribution in [-0.4, -0.2) is 60.3 Å². The van der Waals surface area contributed by atoms with Gasteiger partial charge in [-0.15, -0.1) is 0 Å². The van der Waals surface area contributed by atoms with E-state index in [9.17, 15) is 4.79 Å². The summed E-state index contributed by atoms with van der Waals surface area (Å²) in [6.07, 6.45) is 2.45. The molecular weight excluding hydrogens is 534 g/mol. The van der Waals surface area contributed by atoms with Gasteiger partial charge in [-0.2, -0.15) is 0 Å². The smallest absolute Gasteiger partial charge is 0.251 e. The number of nitrogens with one attached hydrogen (secondary N) is 1. The summed E-state index contributed by atoms with van der Waals surface area (Å²) in [7, 11) is 0. The number of hydrogen-bond donors (Lipinski definition) is 1. The molecule has 0 spiro atoms. The van der Waals surface area contributed by atoms with E-state index in [1.807, 2.05) is 24.3 Å². The van der Waals surface area contributed by atoms with Gasteiger partial charge in [0.05, 0.1) is 5.69 Å². The minimum Gasteiger partial charge on any atom is -0.454 e. The topological polar surface area (TPSA) is 79.8 Å². The maximum atomic E-state index is 12.6. The first kappa shape index (κ1) is 27.8. The third-order valence-corrected chi connectivity index (χ3v) is 8.72. The maximum Gasteiger partial charge on any atom is 0.251 e. The first-order valence-electron chi connectivity index (χ1n) is 14.6. The van der Waals surface area contributed by atoms with Crippen LogP contribution in [0.25, 0.3) is 0 Å². The lowest BCUT2D eigenvalue weighted by atomic mass is 9.92. The number of carbonyl (C=O) groups is 1. The van der Waals surface area contributed by atoms with Crippen molar-refractivity contribution in [2.75, 3.05) is 44.4 Å². The molecule has 1 N–H and O–H groups in total. The number of piperazine rings is 1. The van der Waals surface area contributed by atoms with Gasteiger partial charge in [-0.3, -0.25) is 9.69 Å². The van der Waals surface area contributed by atoms with Crippen molar-refractivity contribution in [2.24, 2.45) is 5.92 Å². The summed E-state index contributed by atoms with van der Waals surface area (Å²) in [5.41, 5.74) is 4.00. The lowest BCUT2D eigenvalue weighted by Crippen LogP contribution is -2.46. The van der Waals surface area contributed by atoms with Crippen LogP contribution in [0.15, 0.2) is 53.7 Å². The maximum absolute atomic E-state index is 12.6. The molecule has 1 amide bonds. The summed E-state index contributed by atoms with van der Waals surface area (Å²) in [4.78, 5) is 27.4. The molecule has 3 heterocycles. The Hall–Kier alpha value is -3.30. The van der Waals surface area contributed by atoms with E-state index < -0.39 is 0 Å². The number of ether oxygens (including phenoxy) is 2. The van der Waals surface area contributed by atoms with Crippen molar-refractivity contribution in [1.82, 2.24) is 20.2 Å². The fraction of sp³-hybridized carbons (Fsp3) is 0.469. The molecule has 0 bridgehead atoms.